The van der Waals surface area contributed by atoms with E-state index >= 15 is 0 Å². The molecule has 0 fully saturated rings. The number of aromatic nitrogens is 2. The van der Waals surface area contributed by atoms with Gasteiger partial charge >= 0.3 is 0 Å². The molecular formula is C14H19ClN4O. The van der Waals surface area contributed by atoms with Crippen LogP contribution in [0, 0.1) is 13.8 Å². The number of carbonyl (C=O) groups is 1. The first-order chi connectivity index (χ1) is 9.11. The van der Waals surface area contributed by atoms with Gasteiger partial charge in [0.25, 0.3) is 0 Å². The van der Waals surface area contributed by atoms with E-state index in [-0.39, 0.29) is 24.9 Å². The fraction of sp³-hybridized carbons (Fsp3) is 0.286. The zero-order chi connectivity index (χ0) is 13.8. The molecule has 1 amide bonds. The molecule has 0 saturated carbocycles. The first kappa shape index (κ1) is 16.2. The molecule has 2 aromatic rings. The van der Waals surface area contributed by atoms with Crippen LogP contribution < -0.4 is 11.1 Å². The van der Waals surface area contributed by atoms with Crippen molar-refractivity contribution in [3.63, 3.8) is 0 Å². The molecule has 0 aliphatic rings. The normalized spacial score (nSPS) is 9.95. The topological polar surface area (TPSA) is 72.9 Å². The number of nitrogens with one attached hydrogen (secondary N) is 1. The Hall–Kier alpha value is -1.85. The number of amides is 1. The summed E-state index contributed by atoms with van der Waals surface area (Å²) in [5.74, 6) is -0.164. The second-order valence-electron chi connectivity index (χ2n) is 4.45. The SMILES string of the molecule is Cc1cc(C)n(-c2ccccc2CNC(=O)CN)n1.Cl. The van der Waals surface area contributed by atoms with E-state index in [1.807, 2.05) is 48.9 Å². The molecule has 1 aromatic carbocycles. The van der Waals surface area contributed by atoms with Gasteiger partial charge in [-0.25, -0.2) is 4.68 Å². The highest BCUT2D eigenvalue weighted by atomic mass is 35.5. The van der Waals surface area contributed by atoms with Crippen LogP contribution in [0.25, 0.3) is 5.69 Å². The highest BCUT2D eigenvalue weighted by molar-refractivity contribution is 5.85. The van der Waals surface area contributed by atoms with Crippen LogP contribution in [0.5, 0.6) is 0 Å². The summed E-state index contributed by atoms with van der Waals surface area (Å²) in [6.45, 7) is 4.42. The average molecular weight is 295 g/mol. The maximum absolute atomic E-state index is 11.2. The maximum atomic E-state index is 11.2. The Labute approximate surface area is 124 Å². The quantitative estimate of drug-likeness (QED) is 0.897. The Morgan fingerprint density at radius 3 is 2.65 bits per heavy atom. The Bertz CT molecular complexity index is 595. The Morgan fingerprint density at radius 2 is 2.05 bits per heavy atom. The third kappa shape index (κ3) is 3.59. The van der Waals surface area contributed by atoms with Gasteiger partial charge in [0, 0.05) is 12.2 Å². The van der Waals surface area contributed by atoms with Gasteiger partial charge in [0.15, 0.2) is 0 Å². The van der Waals surface area contributed by atoms with E-state index in [9.17, 15) is 4.79 Å². The Morgan fingerprint density at radius 1 is 1.35 bits per heavy atom. The highest BCUT2D eigenvalue weighted by Crippen LogP contribution is 2.16. The third-order valence-electron chi connectivity index (χ3n) is 2.89. The summed E-state index contributed by atoms with van der Waals surface area (Å²) < 4.78 is 1.89. The lowest BCUT2D eigenvalue weighted by Crippen LogP contribution is -2.30. The highest BCUT2D eigenvalue weighted by Gasteiger charge is 2.09. The molecule has 0 unspecified atom stereocenters. The van der Waals surface area contributed by atoms with Crippen LogP contribution in [0.1, 0.15) is 17.0 Å². The van der Waals surface area contributed by atoms with Crippen LogP contribution in [0.4, 0.5) is 0 Å². The van der Waals surface area contributed by atoms with Crippen LogP contribution in [-0.4, -0.2) is 22.2 Å². The summed E-state index contributed by atoms with van der Waals surface area (Å²) in [4.78, 5) is 11.2. The molecule has 0 atom stereocenters. The van der Waals surface area contributed by atoms with E-state index in [1.54, 1.807) is 0 Å². The van der Waals surface area contributed by atoms with E-state index in [2.05, 4.69) is 10.4 Å². The largest absolute Gasteiger partial charge is 0.351 e. The number of halogens is 1. The first-order valence-corrected chi connectivity index (χ1v) is 6.20. The van der Waals surface area contributed by atoms with Gasteiger partial charge in [-0.3, -0.25) is 4.79 Å². The number of benzene rings is 1. The molecular weight excluding hydrogens is 276 g/mol. The lowest BCUT2D eigenvalue weighted by atomic mass is 10.1. The molecule has 20 heavy (non-hydrogen) atoms. The van der Waals surface area contributed by atoms with Crippen LogP contribution >= 0.6 is 12.4 Å². The lowest BCUT2D eigenvalue weighted by molar-refractivity contribution is -0.119. The van der Waals surface area contributed by atoms with Crippen molar-refractivity contribution in [1.82, 2.24) is 15.1 Å². The first-order valence-electron chi connectivity index (χ1n) is 6.20. The predicted molar refractivity (Wildman–Crippen MR) is 81.2 cm³/mol. The maximum Gasteiger partial charge on any atom is 0.234 e. The van der Waals surface area contributed by atoms with E-state index in [0.29, 0.717) is 6.54 Å². The van der Waals surface area contributed by atoms with Crippen LogP contribution in [0.3, 0.4) is 0 Å². The second-order valence-corrected chi connectivity index (χ2v) is 4.45. The van der Waals surface area contributed by atoms with Crippen molar-refractivity contribution in [2.24, 2.45) is 5.73 Å². The lowest BCUT2D eigenvalue weighted by Gasteiger charge is -2.11. The summed E-state index contributed by atoms with van der Waals surface area (Å²) in [7, 11) is 0. The number of aryl methyl sites for hydroxylation is 2. The smallest absolute Gasteiger partial charge is 0.234 e. The van der Waals surface area contributed by atoms with Crippen molar-refractivity contribution in [1.29, 1.82) is 0 Å². The molecule has 0 spiro atoms. The monoisotopic (exact) mass is 294 g/mol. The summed E-state index contributed by atoms with van der Waals surface area (Å²) in [6, 6.07) is 9.89. The van der Waals surface area contributed by atoms with E-state index < -0.39 is 0 Å². The van der Waals surface area contributed by atoms with E-state index in [1.165, 1.54) is 0 Å². The number of nitrogens with zero attached hydrogens (tertiary/aromatic N) is 2. The molecule has 3 N–H and O–H groups in total. The summed E-state index contributed by atoms with van der Waals surface area (Å²) >= 11 is 0. The van der Waals surface area contributed by atoms with Crippen molar-refractivity contribution in [2.45, 2.75) is 20.4 Å². The van der Waals surface area contributed by atoms with Crippen LogP contribution in [0.15, 0.2) is 30.3 Å². The van der Waals surface area contributed by atoms with Crippen molar-refractivity contribution in [3.05, 3.63) is 47.3 Å². The molecule has 0 aliphatic carbocycles. The minimum atomic E-state index is -0.164. The molecule has 0 aliphatic heterocycles. The van der Waals surface area contributed by atoms with Gasteiger partial charge in [-0.1, -0.05) is 18.2 Å². The Balaban J connectivity index is 0.00000200. The standard InChI is InChI=1S/C14H18N4O.ClH/c1-10-7-11(2)18(17-10)13-6-4-3-5-12(13)9-16-14(19)8-15;/h3-7H,8-9,15H2,1-2H3,(H,16,19);1H. The minimum Gasteiger partial charge on any atom is -0.351 e. The number of para-hydroxylation sites is 1. The molecule has 0 bridgehead atoms. The number of hydrogen-bond donors (Lipinski definition) is 2. The van der Waals surface area contributed by atoms with Crippen molar-refractivity contribution in [2.75, 3.05) is 6.54 Å². The predicted octanol–water partition coefficient (Wildman–Crippen LogP) is 1.49. The Kier molecular flexibility index (Phi) is 5.73. The van der Waals surface area contributed by atoms with E-state index in [0.717, 1.165) is 22.6 Å². The zero-order valence-electron chi connectivity index (χ0n) is 11.6. The van der Waals surface area contributed by atoms with Crippen LogP contribution in [0.2, 0.25) is 0 Å². The molecule has 108 valence electrons. The van der Waals surface area contributed by atoms with Gasteiger partial charge in [-0.05, 0) is 31.5 Å². The second kappa shape index (κ2) is 7.07. The number of nitrogens with two attached hydrogens (primary N) is 1. The van der Waals surface area contributed by atoms with Crippen molar-refractivity contribution in [3.8, 4) is 5.69 Å². The van der Waals surface area contributed by atoms with Gasteiger partial charge in [0.1, 0.15) is 0 Å². The molecule has 0 radical (unpaired) electrons. The fourth-order valence-corrected chi connectivity index (χ4v) is 2.01. The summed E-state index contributed by atoms with van der Waals surface area (Å²) in [5, 5.41) is 7.25. The van der Waals surface area contributed by atoms with Gasteiger partial charge in [0.2, 0.25) is 5.91 Å². The van der Waals surface area contributed by atoms with E-state index in [4.69, 9.17) is 5.73 Å². The zero-order valence-corrected chi connectivity index (χ0v) is 12.4. The van der Waals surface area contributed by atoms with Gasteiger partial charge < -0.3 is 11.1 Å². The average Bonchev–Trinajstić information content (AvgIpc) is 2.75. The fourth-order valence-electron chi connectivity index (χ4n) is 2.01. The van der Waals surface area contributed by atoms with Crippen molar-refractivity contribution < 1.29 is 4.79 Å². The molecule has 5 nitrogen and oxygen atoms in total. The summed E-state index contributed by atoms with van der Waals surface area (Å²) in [5.41, 5.74) is 9.31. The minimum absolute atomic E-state index is 0. The van der Waals surface area contributed by atoms with Gasteiger partial charge in [-0.15, -0.1) is 12.4 Å². The molecule has 1 aromatic heterocycles. The van der Waals surface area contributed by atoms with Gasteiger partial charge in [0.05, 0.1) is 17.9 Å². The molecule has 1 heterocycles. The molecule has 0 saturated heterocycles. The number of hydrogen-bond acceptors (Lipinski definition) is 3. The van der Waals surface area contributed by atoms with Crippen molar-refractivity contribution >= 4 is 18.3 Å². The van der Waals surface area contributed by atoms with Crippen LogP contribution in [-0.2, 0) is 11.3 Å². The van der Waals surface area contributed by atoms with Gasteiger partial charge in [-0.2, -0.15) is 5.10 Å². The number of rotatable bonds is 4. The summed E-state index contributed by atoms with van der Waals surface area (Å²) in [6.07, 6.45) is 0. The number of carbonyl (C=O) groups excluding carboxylic acids is 1. The molecule has 2 rings (SSSR count). The third-order valence-corrected chi connectivity index (χ3v) is 2.89. The molecule has 6 heteroatoms.